The van der Waals surface area contributed by atoms with E-state index in [4.69, 9.17) is 0 Å². The predicted octanol–water partition coefficient (Wildman–Crippen LogP) is 1.41. The smallest absolute Gasteiger partial charge is 0.240 e. The first-order valence-electron chi connectivity index (χ1n) is 7.53. The maximum absolute atomic E-state index is 12.4. The van der Waals surface area contributed by atoms with E-state index >= 15 is 0 Å². The standard InChI is InChI=1S/C15H23N3O3S/c1-3-18-10-8-14(9-11-18)17-22(20,21)15-6-4-13(5-7-15)16-12(2)19/h4-7,14,17H,3,8-11H2,1-2H3,(H,16,19). The Morgan fingerprint density at radius 1 is 1.23 bits per heavy atom. The van der Waals surface area contributed by atoms with Gasteiger partial charge in [0.05, 0.1) is 4.90 Å². The van der Waals surface area contributed by atoms with E-state index in [0.29, 0.717) is 5.69 Å². The highest BCUT2D eigenvalue weighted by Gasteiger charge is 2.23. The number of carbonyl (C=O) groups excluding carboxylic acids is 1. The van der Waals surface area contributed by atoms with Gasteiger partial charge in [-0.15, -0.1) is 0 Å². The van der Waals surface area contributed by atoms with Gasteiger partial charge in [0.15, 0.2) is 0 Å². The van der Waals surface area contributed by atoms with Crippen molar-refractivity contribution in [2.45, 2.75) is 37.6 Å². The van der Waals surface area contributed by atoms with E-state index in [1.165, 1.54) is 19.1 Å². The number of piperidine rings is 1. The molecule has 1 saturated heterocycles. The van der Waals surface area contributed by atoms with Crippen molar-refractivity contribution in [2.75, 3.05) is 25.0 Å². The lowest BCUT2D eigenvalue weighted by atomic mass is 10.1. The normalized spacial score (nSPS) is 17.4. The molecule has 0 bridgehead atoms. The highest BCUT2D eigenvalue weighted by molar-refractivity contribution is 7.89. The van der Waals surface area contributed by atoms with Gasteiger partial charge in [-0.05, 0) is 56.7 Å². The number of hydrogen-bond acceptors (Lipinski definition) is 4. The molecule has 2 N–H and O–H groups in total. The molecule has 1 aliphatic rings. The van der Waals surface area contributed by atoms with Crippen molar-refractivity contribution in [3.8, 4) is 0 Å². The van der Waals surface area contributed by atoms with Crippen LogP contribution in [0.3, 0.4) is 0 Å². The Morgan fingerprint density at radius 3 is 2.32 bits per heavy atom. The molecule has 1 aromatic rings. The summed E-state index contributed by atoms with van der Waals surface area (Å²) < 4.78 is 27.5. The number of amides is 1. The van der Waals surface area contributed by atoms with E-state index < -0.39 is 10.0 Å². The predicted molar refractivity (Wildman–Crippen MR) is 86.2 cm³/mol. The second-order valence-electron chi connectivity index (χ2n) is 5.54. The molecule has 1 amide bonds. The number of nitrogens with one attached hydrogen (secondary N) is 2. The van der Waals surface area contributed by atoms with Crippen LogP contribution in [0.1, 0.15) is 26.7 Å². The average molecular weight is 325 g/mol. The molecule has 0 aliphatic carbocycles. The molecule has 6 nitrogen and oxygen atoms in total. The third kappa shape index (κ3) is 4.53. The first kappa shape index (κ1) is 16.9. The zero-order chi connectivity index (χ0) is 16.2. The molecule has 0 saturated carbocycles. The van der Waals surface area contributed by atoms with Gasteiger partial charge in [0, 0.05) is 18.7 Å². The third-order valence-corrected chi connectivity index (χ3v) is 5.38. The van der Waals surface area contributed by atoms with Crippen molar-refractivity contribution in [3.63, 3.8) is 0 Å². The van der Waals surface area contributed by atoms with Gasteiger partial charge in [-0.3, -0.25) is 4.79 Å². The summed E-state index contributed by atoms with van der Waals surface area (Å²) in [5, 5.41) is 2.62. The fraction of sp³-hybridized carbons (Fsp3) is 0.533. The van der Waals surface area contributed by atoms with E-state index in [-0.39, 0.29) is 16.8 Å². The molecule has 2 rings (SSSR count). The number of rotatable bonds is 5. The topological polar surface area (TPSA) is 78.5 Å². The van der Waals surface area contributed by atoms with Crippen molar-refractivity contribution < 1.29 is 13.2 Å². The first-order chi connectivity index (χ1) is 10.4. The van der Waals surface area contributed by atoms with Crippen LogP contribution < -0.4 is 10.0 Å². The molecule has 0 spiro atoms. The fourth-order valence-corrected chi connectivity index (χ4v) is 3.88. The number of anilines is 1. The van der Waals surface area contributed by atoms with Crippen LogP contribution in [0.15, 0.2) is 29.2 Å². The van der Waals surface area contributed by atoms with E-state index in [1.54, 1.807) is 12.1 Å². The zero-order valence-electron chi connectivity index (χ0n) is 13.0. The van der Waals surface area contributed by atoms with Gasteiger partial charge in [-0.25, -0.2) is 13.1 Å². The van der Waals surface area contributed by atoms with Crippen molar-refractivity contribution in [2.24, 2.45) is 0 Å². The van der Waals surface area contributed by atoms with Crippen LogP contribution in [0.4, 0.5) is 5.69 Å². The van der Waals surface area contributed by atoms with Gasteiger partial charge in [-0.2, -0.15) is 0 Å². The molecule has 0 atom stereocenters. The van der Waals surface area contributed by atoms with Crippen LogP contribution in [0.5, 0.6) is 0 Å². The van der Waals surface area contributed by atoms with Crippen molar-refractivity contribution >= 4 is 21.6 Å². The Balaban J connectivity index is 1.99. The Kier molecular flexibility index (Phi) is 5.55. The molecule has 7 heteroatoms. The average Bonchev–Trinajstić information content (AvgIpc) is 2.47. The van der Waals surface area contributed by atoms with Gasteiger partial charge in [0.2, 0.25) is 15.9 Å². The van der Waals surface area contributed by atoms with Gasteiger partial charge in [0.1, 0.15) is 0 Å². The van der Waals surface area contributed by atoms with Crippen molar-refractivity contribution in [1.29, 1.82) is 0 Å². The molecule has 0 unspecified atom stereocenters. The Hall–Kier alpha value is -1.44. The largest absolute Gasteiger partial charge is 0.326 e. The molecule has 1 heterocycles. The quantitative estimate of drug-likeness (QED) is 0.858. The van der Waals surface area contributed by atoms with Gasteiger partial charge >= 0.3 is 0 Å². The van der Waals surface area contributed by atoms with Crippen LogP contribution in [-0.2, 0) is 14.8 Å². The molecular formula is C15H23N3O3S. The molecule has 0 aromatic heterocycles. The van der Waals surface area contributed by atoms with Gasteiger partial charge in [0.25, 0.3) is 0 Å². The molecule has 1 aliphatic heterocycles. The Labute approximate surface area is 131 Å². The fourth-order valence-electron chi connectivity index (χ4n) is 2.58. The van der Waals surface area contributed by atoms with Gasteiger partial charge in [-0.1, -0.05) is 6.92 Å². The number of hydrogen-bond donors (Lipinski definition) is 2. The molecule has 1 fully saturated rings. The minimum Gasteiger partial charge on any atom is -0.326 e. The number of likely N-dealkylation sites (tertiary alicyclic amines) is 1. The molecular weight excluding hydrogens is 302 g/mol. The van der Waals surface area contributed by atoms with E-state index in [0.717, 1.165) is 32.5 Å². The van der Waals surface area contributed by atoms with Crippen molar-refractivity contribution in [3.05, 3.63) is 24.3 Å². The summed E-state index contributed by atoms with van der Waals surface area (Å²) in [6, 6.07) is 6.19. The SMILES string of the molecule is CCN1CCC(NS(=O)(=O)c2ccc(NC(C)=O)cc2)CC1. The van der Waals surface area contributed by atoms with Crippen LogP contribution >= 0.6 is 0 Å². The minimum atomic E-state index is -3.51. The van der Waals surface area contributed by atoms with E-state index in [2.05, 4.69) is 21.9 Å². The summed E-state index contributed by atoms with van der Waals surface area (Å²) in [7, 11) is -3.51. The molecule has 122 valence electrons. The lowest BCUT2D eigenvalue weighted by Gasteiger charge is -2.31. The number of nitrogens with zero attached hydrogens (tertiary/aromatic N) is 1. The Bertz CT molecular complexity index is 605. The van der Waals surface area contributed by atoms with Crippen LogP contribution in [0.2, 0.25) is 0 Å². The highest BCUT2D eigenvalue weighted by atomic mass is 32.2. The molecule has 1 aromatic carbocycles. The number of sulfonamides is 1. The highest BCUT2D eigenvalue weighted by Crippen LogP contribution is 2.17. The van der Waals surface area contributed by atoms with E-state index in [1.807, 2.05) is 0 Å². The summed E-state index contributed by atoms with van der Waals surface area (Å²) >= 11 is 0. The monoisotopic (exact) mass is 325 g/mol. The third-order valence-electron chi connectivity index (χ3n) is 3.84. The second kappa shape index (κ2) is 7.21. The minimum absolute atomic E-state index is 0.0113. The maximum Gasteiger partial charge on any atom is 0.240 e. The summed E-state index contributed by atoms with van der Waals surface area (Å²) in [5.74, 6) is -0.184. The Morgan fingerprint density at radius 2 is 1.82 bits per heavy atom. The number of carbonyl (C=O) groups is 1. The van der Waals surface area contributed by atoms with Crippen LogP contribution in [0, 0.1) is 0 Å². The van der Waals surface area contributed by atoms with Crippen molar-refractivity contribution in [1.82, 2.24) is 9.62 Å². The van der Waals surface area contributed by atoms with Crippen LogP contribution in [0.25, 0.3) is 0 Å². The van der Waals surface area contributed by atoms with Crippen LogP contribution in [-0.4, -0.2) is 44.9 Å². The number of benzene rings is 1. The summed E-state index contributed by atoms with van der Waals surface area (Å²) in [6.45, 7) is 6.37. The summed E-state index contributed by atoms with van der Waals surface area (Å²) in [5.41, 5.74) is 0.586. The summed E-state index contributed by atoms with van der Waals surface area (Å²) in [4.78, 5) is 13.5. The molecule has 0 radical (unpaired) electrons. The maximum atomic E-state index is 12.4. The first-order valence-corrected chi connectivity index (χ1v) is 9.01. The second-order valence-corrected chi connectivity index (χ2v) is 7.25. The zero-order valence-corrected chi connectivity index (χ0v) is 13.8. The lowest BCUT2D eigenvalue weighted by Crippen LogP contribution is -2.44. The summed E-state index contributed by atoms with van der Waals surface area (Å²) in [6.07, 6.45) is 1.66. The molecule has 22 heavy (non-hydrogen) atoms. The van der Waals surface area contributed by atoms with E-state index in [9.17, 15) is 13.2 Å². The van der Waals surface area contributed by atoms with Gasteiger partial charge < -0.3 is 10.2 Å². The lowest BCUT2D eigenvalue weighted by molar-refractivity contribution is -0.114.